The molecule has 9 aromatic heterocycles. The summed E-state index contributed by atoms with van der Waals surface area (Å²) in [5, 5.41) is 31.7. The van der Waals surface area contributed by atoms with Crippen molar-refractivity contribution in [1.82, 2.24) is 59.6 Å². The number of urea groups is 1. The number of fused-ring (bicyclic) bond motifs is 4. The summed E-state index contributed by atoms with van der Waals surface area (Å²) in [7, 11) is 5.08. The molecule has 116 heavy (non-hydrogen) atoms. The highest BCUT2D eigenvalue weighted by Crippen LogP contribution is 2.41. The van der Waals surface area contributed by atoms with Gasteiger partial charge in [-0.25, -0.2) is 9.78 Å². The van der Waals surface area contributed by atoms with E-state index in [2.05, 4.69) is 39.7 Å². The molecule has 4 aliphatic carbocycles. The number of amides is 5. The second-order valence-electron chi connectivity index (χ2n) is 31.4. The van der Waals surface area contributed by atoms with Crippen molar-refractivity contribution >= 4 is 150 Å². The topological polar surface area (TPSA) is 280 Å². The van der Waals surface area contributed by atoms with Gasteiger partial charge in [0.2, 0.25) is 5.78 Å². The molecule has 3 N–H and O–H groups in total. The van der Waals surface area contributed by atoms with Gasteiger partial charge in [0, 0.05) is 98.7 Å². The summed E-state index contributed by atoms with van der Waals surface area (Å²) < 4.78 is 8.63. The number of ketones is 5. The summed E-state index contributed by atoms with van der Waals surface area (Å²) in [5.41, 5.74) is 8.84. The average molecular weight is 1640 g/mol. The Morgan fingerprint density at radius 2 is 0.793 bits per heavy atom. The van der Waals surface area contributed by atoms with E-state index in [4.69, 9.17) is 20.4 Å². The molecule has 5 aliphatic rings. The molecule has 0 unspecified atom stereocenters. The van der Waals surface area contributed by atoms with E-state index in [0.29, 0.717) is 83.2 Å². The number of rotatable bonds is 20. The Morgan fingerprint density at radius 1 is 0.448 bits per heavy atom. The molecule has 12 aromatic rings. The highest BCUT2D eigenvalue weighted by Gasteiger charge is 2.30. The van der Waals surface area contributed by atoms with Crippen LogP contribution >= 0.6 is 45.3 Å². The fourth-order valence-electron chi connectivity index (χ4n) is 16.3. The molecule has 1 aliphatic heterocycles. The molecular formula is C89H100N14O9S4. The van der Waals surface area contributed by atoms with Crippen molar-refractivity contribution < 1.29 is 43.2 Å². The number of aromatic nitrogens is 9. The number of carbonyl (C=O) groups is 9. The number of nitrogens with one attached hydrogen (secondary N) is 3. The van der Waals surface area contributed by atoms with E-state index in [1.165, 1.54) is 132 Å². The largest absolute Gasteiger partial charge is 0.355 e. The van der Waals surface area contributed by atoms with Crippen molar-refractivity contribution in [3.8, 4) is 0 Å². The van der Waals surface area contributed by atoms with Crippen LogP contribution in [-0.4, -0.2) is 136 Å². The second-order valence-corrected chi connectivity index (χ2v) is 35.5. The number of benzene rings is 3. The van der Waals surface area contributed by atoms with Crippen LogP contribution < -0.4 is 20.9 Å². The SMILES string of the molecule is CC(=O)C(=O)c1ccc(CC(=O)c2cc3c(C)nn(C4CCCCC4)c3s2)cc1.CNC(=O)c1ccc(CC(=O)c2cc3c(C)nn(C4CCCCC4)c3s2)cc1.Cc1nn(C2CCCCC2)c2sc(C(=O)Cc3ccc(C(=O)N(C)C)cc3)cc12.Cc1nn(C2CCCCC2)c2sc(C(=O)Nc3ccc(N4CCNC4=O)nc3)cc12. The molecule has 10 heterocycles. The lowest BCUT2D eigenvalue weighted by molar-refractivity contribution is -0.113. The van der Waals surface area contributed by atoms with Crippen molar-refractivity contribution in [3.63, 3.8) is 0 Å². The number of hydrogen-bond acceptors (Lipinski definition) is 18. The van der Waals surface area contributed by atoms with E-state index >= 15 is 0 Å². The minimum Gasteiger partial charge on any atom is -0.355 e. The van der Waals surface area contributed by atoms with Crippen molar-refractivity contribution in [2.45, 2.75) is 206 Å². The lowest BCUT2D eigenvalue weighted by Crippen LogP contribution is -2.28. The van der Waals surface area contributed by atoms with E-state index in [0.717, 1.165) is 121 Å². The summed E-state index contributed by atoms with van der Waals surface area (Å²) in [6.45, 7) is 10.5. The predicted molar refractivity (Wildman–Crippen MR) is 461 cm³/mol. The lowest BCUT2D eigenvalue weighted by Gasteiger charge is -2.22. The zero-order valence-corrected chi connectivity index (χ0v) is 70.4. The first-order valence-electron chi connectivity index (χ1n) is 40.7. The fourth-order valence-corrected chi connectivity index (χ4v) is 21.0. The molecule has 27 heteroatoms. The van der Waals surface area contributed by atoms with Gasteiger partial charge in [0.25, 0.3) is 17.7 Å². The standard InChI is InChI=1S/C23H27N3O2S.C23H24N2O3S.C22H25N3O2S.C21H24N6O2S/c1-15-19-14-21(29-23(19)26(24-15)18-7-5-4-6-8-18)20(27)13-16-9-11-17(12-10-16)22(28)25(2)3;1-14-19-13-21(29-23(19)25(24-14)18-6-4-3-5-7-18)20(27)12-16-8-10-17(11-9-16)22(28)15(2)26;1-14-18-13-20(28-22(18)25(24-14)17-6-4-3-5-7-17)19(26)12-15-8-10-16(11-9-15)21(27)23-2;1-13-16-11-17(30-20(16)27(25-13)15-5-3-2-4-6-15)19(28)24-14-7-8-18(23-12-14)26-10-9-22-21(26)29/h9-12,14,18H,4-8,13H2,1-3H3;8-11,13,18H,3-7,12H2,1-2H3;8-11,13,17H,3-7,12H2,1-2H3,(H,23,27);7-8,11-12,15H,2-6,9-10H2,1H3,(H,22,29)(H,24,28). The number of carbonyl (C=O) groups excluding carboxylic acids is 9. The minimum atomic E-state index is -0.505. The number of pyridine rings is 1. The summed E-state index contributed by atoms with van der Waals surface area (Å²) in [6.07, 6.45) is 27.1. The molecule has 5 fully saturated rings. The first-order chi connectivity index (χ1) is 56.0. The van der Waals surface area contributed by atoms with Crippen LogP contribution in [0.25, 0.3) is 40.9 Å². The highest BCUT2D eigenvalue weighted by molar-refractivity contribution is 7.21. The third-order valence-electron chi connectivity index (χ3n) is 22.8. The normalized spacial score (nSPS) is 15.7. The number of aryl methyl sites for hydroxylation is 4. The van der Waals surface area contributed by atoms with Gasteiger partial charge in [0.1, 0.15) is 25.1 Å². The predicted octanol–water partition coefficient (Wildman–Crippen LogP) is 18.9. The Labute approximate surface area is 690 Å². The van der Waals surface area contributed by atoms with Crippen LogP contribution in [0.4, 0.5) is 16.3 Å². The Bertz CT molecular complexity index is 5610. The first-order valence-corrected chi connectivity index (χ1v) is 43.9. The van der Waals surface area contributed by atoms with E-state index < -0.39 is 11.6 Å². The van der Waals surface area contributed by atoms with E-state index in [9.17, 15) is 43.2 Å². The Hall–Kier alpha value is -10.5. The average Bonchev–Trinajstić information content (AvgIpc) is 1.64. The monoisotopic (exact) mass is 1640 g/mol. The number of hydrogen-bond donors (Lipinski definition) is 3. The van der Waals surface area contributed by atoms with Gasteiger partial charge in [-0.1, -0.05) is 126 Å². The third kappa shape index (κ3) is 18.7. The summed E-state index contributed by atoms with van der Waals surface area (Å²) in [4.78, 5) is 125. The number of anilines is 2. The van der Waals surface area contributed by atoms with Gasteiger partial charge < -0.3 is 20.9 Å². The van der Waals surface area contributed by atoms with Gasteiger partial charge >= 0.3 is 6.03 Å². The highest BCUT2D eigenvalue weighted by atomic mass is 32.1. The first kappa shape index (κ1) is 82.1. The maximum atomic E-state index is 12.9. The van der Waals surface area contributed by atoms with Gasteiger partial charge in [-0.3, -0.25) is 62.0 Å². The molecule has 0 spiro atoms. The number of Topliss-reactive ketones (excluding diaryl/α,β-unsaturated/α-hetero) is 5. The van der Waals surface area contributed by atoms with Crippen molar-refractivity contribution in [2.75, 3.05) is 44.4 Å². The molecule has 23 nitrogen and oxygen atoms in total. The van der Waals surface area contributed by atoms with Gasteiger partial charge in [0.05, 0.1) is 78.3 Å². The molecule has 4 saturated carbocycles. The quantitative estimate of drug-likeness (QED) is 0.0473. The van der Waals surface area contributed by atoms with Gasteiger partial charge in [-0.2, -0.15) is 20.4 Å². The van der Waals surface area contributed by atoms with Crippen LogP contribution in [0, 0.1) is 27.7 Å². The molecular weight excluding hydrogens is 1540 g/mol. The molecule has 0 bridgehead atoms. The lowest BCUT2D eigenvalue weighted by atomic mass is 9.96. The number of nitrogens with zero attached hydrogens (tertiary/aromatic N) is 11. The smallest absolute Gasteiger partial charge is 0.323 e. The van der Waals surface area contributed by atoms with Crippen molar-refractivity contribution in [3.05, 3.63) is 191 Å². The molecule has 0 atom stereocenters. The van der Waals surface area contributed by atoms with Crippen LogP contribution in [0.5, 0.6) is 0 Å². The second kappa shape index (κ2) is 36.8. The van der Waals surface area contributed by atoms with Crippen LogP contribution in [0.2, 0.25) is 0 Å². The van der Waals surface area contributed by atoms with Crippen molar-refractivity contribution in [2.24, 2.45) is 0 Å². The Morgan fingerprint density at radius 3 is 1.11 bits per heavy atom. The maximum absolute atomic E-state index is 12.9. The zero-order chi connectivity index (χ0) is 81.4. The molecule has 604 valence electrons. The molecule has 0 radical (unpaired) electrons. The van der Waals surface area contributed by atoms with E-state index in [1.807, 2.05) is 76.2 Å². The Balaban J connectivity index is 0.000000128. The molecule has 5 amide bonds. The summed E-state index contributed by atoms with van der Waals surface area (Å²) in [6, 6.07) is 34.4. The van der Waals surface area contributed by atoms with E-state index in [-0.39, 0.29) is 47.5 Å². The van der Waals surface area contributed by atoms with Gasteiger partial charge in [-0.15, -0.1) is 45.3 Å². The van der Waals surface area contributed by atoms with Crippen LogP contribution in [0.15, 0.2) is 115 Å². The van der Waals surface area contributed by atoms with Crippen molar-refractivity contribution in [1.29, 1.82) is 0 Å². The summed E-state index contributed by atoms with van der Waals surface area (Å²) in [5.74, 6) is -0.424. The fraction of sp³-hybridized carbons (Fsp3) is 0.416. The van der Waals surface area contributed by atoms with Gasteiger partial charge in [0.15, 0.2) is 23.1 Å². The van der Waals surface area contributed by atoms with Crippen LogP contribution in [0.3, 0.4) is 0 Å². The Kier molecular flexibility index (Phi) is 26.0. The number of thiophene rings is 4. The van der Waals surface area contributed by atoms with Crippen LogP contribution in [0.1, 0.15) is 269 Å². The minimum absolute atomic E-state index is 0.0323. The summed E-state index contributed by atoms with van der Waals surface area (Å²) >= 11 is 6.16. The van der Waals surface area contributed by atoms with E-state index in [1.54, 1.807) is 120 Å². The molecule has 3 aromatic carbocycles. The molecule has 17 rings (SSSR count). The maximum Gasteiger partial charge on any atom is 0.323 e. The van der Waals surface area contributed by atoms with Gasteiger partial charge in [-0.05, 0) is 156 Å². The van der Waals surface area contributed by atoms with Crippen LogP contribution in [-0.2, 0) is 24.1 Å². The zero-order valence-electron chi connectivity index (χ0n) is 67.2. The molecule has 1 saturated heterocycles. The third-order valence-corrected chi connectivity index (χ3v) is 27.4.